The lowest BCUT2D eigenvalue weighted by molar-refractivity contribution is -0.117. The van der Waals surface area contributed by atoms with Gasteiger partial charge in [0.05, 0.1) is 11.2 Å². The second-order valence-electron chi connectivity index (χ2n) is 3.51. The van der Waals surface area contributed by atoms with E-state index in [1.165, 1.54) is 0 Å². The molecule has 0 saturated carbocycles. The number of halogens is 1. The third-order valence-electron chi connectivity index (χ3n) is 2.27. The van der Waals surface area contributed by atoms with Crippen LogP contribution in [-0.4, -0.2) is 22.8 Å². The van der Waals surface area contributed by atoms with Gasteiger partial charge >= 0.3 is 6.03 Å². The standard InChI is InChI=1S/C12H10ClN3O2/c13-7-11(17)16-12(18)15-10-5-1-4-9-8(10)3-2-6-14-9/h1-6H,7H2,(H2,15,16,17,18). The van der Waals surface area contributed by atoms with E-state index in [1.54, 1.807) is 24.4 Å². The lowest BCUT2D eigenvalue weighted by Crippen LogP contribution is -2.35. The van der Waals surface area contributed by atoms with Gasteiger partial charge in [-0.05, 0) is 24.3 Å². The molecule has 6 heteroatoms. The molecule has 3 amide bonds. The molecule has 0 bridgehead atoms. The highest BCUT2D eigenvalue weighted by atomic mass is 35.5. The van der Waals surface area contributed by atoms with Crippen molar-refractivity contribution in [3.63, 3.8) is 0 Å². The molecule has 1 heterocycles. The Morgan fingerprint density at radius 2 is 2.06 bits per heavy atom. The third kappa shape index (κ3) is 2.75. The van der Waals surface area contributed by atoms with Crippen molar-refractivity contribution in [1.29, 1.82) is 0 Å². The molecule has 1 aromatic carbocycles. The maximum atomic E-state index is 11.5. The summed E-state index contributed by atoms with van der Waals surface area (Å²) in [5, 5.41) is 5.48. The highest BCUT2D eigenvalue weighted by Crippen LogP contribution is 2.20. The second kappa shape index (κ2) is 5.46. The number of carbonyl (C=O) groups excluding carboxylic acids is 2. The van der Waals surface area contributed by atoms with Crippen LogP contribution in [0.4, 0.5) is 10.5 Å². The summed E-state index contributed by atoms with van der Waals surface area (Å²) in [5.74, 6) is -0.808. The zero-order valence-electron chi connectivity index (χ0n) is 9.31. The molecule has 0 radical (unpaired) electrons. The first-order chi connectivity index (χ1) is 8.70. The maximum absolute atomic E-state index is 11.5. The minimum atomic E-state index is -0.614. The van der Waals surface area contributed by atoms with Crippen LogP contribution in [0.15, 0.2) is 36.5 Å². The van der Waals surface area contributed by atoms with Crippen molar-refractivity contribution >= 4 is 40.1 Å². The quantitative estimate of drug-likeness (QED) is 0.816. The summed E-state index contributed by atoms with van der Waals surface area (Å²) in [7, 11) is 0. The predicted octanol–water partition coefficient (Wildman–Crippen LogP) is 2.12. The fourth-order valence-electron chi connectivity index (χ4n) is 1.53. The van der Waals surface area contributed by atoms with E-state index >= 15 is 0 Å². The number of nitrogens with one attached hydrogen (secondary N) is 2. The fraction of sp³-hybridized carbons (Fsp3) is 0.0833. The van der Waals surface area contributed by atoms with Crippen LogP contribution in [-0.2, 0) is 4.79 Å². The number of nitrogens with zero attached hydrogens (tertiary/aromatic N) is 1. The normalized spacial score (nSPS) is 10.1. The molecule has 2 rings (SSSR count). The number of carbonyl (C=O) groups is 2. The lowest BCUT2D eigenvalue weighted by Gasteiger charge is -2.08. The monoisotopic (exact) mass is 263 g/mol. The number of urea groups is 1. The van der Waals surface area contributed by atoms with E-state index < -0.39 is 11.9 Å². The molecular weight excluding hydrogens is 254 g/mol. The molecule has 0 saturated heterocycles. The van der Waals surface area contributed by atoms with Gasteiger partial charge in [0.15, 0.2) is 0 Å². The summed E-state index contributed by atoms with van der Waals surface area (Å²) in [5.41, 5.74) is 1.35. The first kappa shape index (κ1) is 12.3. The molecular formula is C12H10ClN3O2. The Morgan fingerprint density at radius 1 is 1.22 bits per heavy atom. The van der Waals surface area contributed by atoms with Crippen LogP contribution in [0.2, 0.25) is 0 Å². The van der Waals surface area contributed by atoms with Gasteiger partial charge in [0.1, 0.15) is 5.88 Å². The van der Waals surface area contributed by atoms with Gasteiger partial charge in [-0.15, -0.1) is 11.6 Å². The van der Waals surface area contributed by atoms with Crippen LogP contribution >= 0.6 is 11.6 Å². The molecule has 0 atom stereocenters. The van der Waals surface area contributed by atoms with E-state index in [9.17, 15) is 9.59 Å². The molecule has 0 fully saturated rings. The Kier molecular flexibility index (Phi) is 3.74. The summed E-state index contributed by atoms with van der Waals surface area (Å²) in [6.45, 7) is 0. The van der Waals surface area contributed by atoms with Gasteiger partial charge in [-0.2, -0.15) is 0 Å². The topological polar surface area (TPSA) is 71.1 Å². The van der Waals surface area contributed by atoms with Crippen molar-refractivity contribution in [3.8, 4) is 0 Å². The number of rotatable bonds is 2. The summed E-state index contributed by atoms with van der Waals surface area (Å²) >= 11 is 5.29. The van der Waals surface area contributed by atoms with Crippen molar-refractivity contribution in [2.24, 2.45) is 0 Å². The van der Waals surface area contributed by atoms with Crippen LogP contribution in [0.1, 0.15) is 0 Å². The molecule has 2 aromatic rings. The van der Waals surface area contributed by atoms with E-state index in [4.69, 9.17) is 11.6 Å². The summed E-state index contributed by atoms with van der Waals surface area (Å²) in [6.07, 6.45) is 1.67. The Balaban J connectivity index is 2.21. The molecule has 2 N–H and O–H groups in total. The number of anilines is 1. The predicted molar refractivity (Wildman–Crippen MR) is 69.6 cm³/mol. The molecule has 0 aliphatic carbocycles. The highest BCUT2D eigenvalue weighted by molar-refractivity contribution is 6.28. The number of hydrogen-bond donors (Lipinski definition) is 2. The van der Waals surface area contributed by atoms with Gasteiger partial charge in [0, 0.05) is 11.6 Å². The molecule has 5 nitrogen and oxygen atoms in total. The van der Waals surface area contributed by atoms with E-state index in [0.717, 1.165) is 10.9 Å². The Hall–Kier alpha value is -2.14. The van der Waals surface area contributed by atoms with Gasteiger partial charge < -0.3 is 5.32 Å². The zero-order valence-corrected chi connectivity index (χ0v) is 10.1. The minimum Gasteiger partial charge on any atom is -0.307 e. The average molecular weight is 264 g/mol. The van der Waals surface area contributed by atoms with Crippen molar-refractivity contribution in [3.05, 3.63) is 36.5 Å². The molecule has 0 unspecified atom stereocenters. The van der Waals surface area contributed by atoms with Crippen LogP contribution in [0, 0.1) is 0 Å². The summed E-state index contributed by atoms with van der Waals surface area (Å²) < 4.78 is 0. The number of amides is 3. The van der Waals surface area contributed by atoms with Gasteiger partial charge in [-0.25, -0.2) is 4.79 Å². The molecule has 0 aliphatic heterocycles. The van der Waals surface area contributed by atoms with E-state index in [0.29, 0.717) is 5.69 Å². The van der Waals surface area contributed by atoms with E-state index in [2.05, 4.69) is 15.6 Å². The number of alkyl halides is 1. The minimum absolute atomic E-state index is 0.259. The number of benzene rings is 1. The highest BCUT2D eigenvalue weighted by Gasteiger charge is 2.08. The van der Waals surface area contributed by atoms with Crippen molar-refractivity contribution in [2.45, 2.75) is 0 Å². The summed E-state index contributed by atoms with van der Waals surface area (Å²) in [4.78, 5) is 26.6. The van der Waals surface area contributed by atoms with Crippen molar-refractivity contribution in [2.75, 3.05) is 11.2 Å². The van der Waals surface area contributed by atoms with Crippen LogP contribution in [0.5, 0.6) is 0 Å². The Labute approximate surface area is 108 Å². The van der Waals surface area contributed by atoms with Crippen molar-refractivity contribution < 1.29 is 9.59 Å². The number of hydrogen-bond acceptors (Lipinski definition) is 3. The largest absolute Gasteiger partial charge is 0.325 e. The van der Waals surface area contributed by atoms with E-state index in [1.807, 2.05) is 12.1 Å². The Bertz CT molecular complexity index is 595. The Morgan fingerprint density at radius 3 is 2.83 bits per heavy atom. The SMILES string of the molecule is O=C(CCl)NC(=O)Nc1cccc2ncccc12. The van der Waals surface area contributed by atoms with Gasteiger partial charge in [-0.1, -0.05) is 6.07 Å². The van der Waals surface area contributed by atoms with Crippen LogP contribution < -0.4 is 10.6 Å². The zero-order chi connectivity index (χ0) is 13.0. The van der Waals surface area contributed by atoms with Crippen LogP contribution in [0.25, 0.3) is 10.9 Å². The van der Waals surface area contributed by atoms with E-state index in [-0.39, 0.29) is 5.88 Å². The summed E-state index contributed by atoms with van der Waals surface area (Å²) in [6, 6.07) is 8.33. The lowest BCUT2D eigenvalue weighted by atomic mass is 10.2. The first-order valence-electron chi connectivity index (χ1n) is 5.21. The third-order valence-corrected chi connectivity index (χ3v) is 2.51. The fourth-order valence-corrected chi connectivity index (χ4v) is 1.59. The van der Waals surface area contributed by atoms with Crippen LogP contribution in [0.3, 0.4) is 0 Å². The second-order valence-corrected chi connectivity index (χ2v) is 3.78. The molecule has 0 aliphatic rings. The number of fused-ring (bicyclic) bond motifs is 1. The van der Waals surface area contributed by atoms with Gasteiger partial charge in [0.2, 0.25) is 5.91 Å². The molecule has 92 valence electrons. The molecule has 1 aromatic heterocycles. The maximum Gasteiger partial charge on any atom is 0.325 e. The average Bonchev–Trinajstić information content (AvgIpc) is 2.39. The smallest absolute Gasteiger partial charge is 0.307 e. The van der Waals surface area contributed by atoms with Crippen molar-refractivity contribution in [1.82, 2.24) is 10.3 Å². The number of pyridine rings is 1. The molecule has 0 spiro atoms. The first-order valence-corrected chi connectivity index (χ1v) is 5.74. The van der Waals surface area contributed by atoms with Gasteiger partial charge in [-0.3, -0.25) is 15.1 Å². The molecule has 18 heavy (non-hydrogen) atoms. The number of imide groups is 1. The van der Waals surface area contributed by atoms with Gasteiger partial charge in [0.25, 0.3) is 0 Å². The number of aromatic nitrogens is 1.